The zero-order valence-corrected chi connectivity index (χ0v) is 11.7. The minimum absolute atomic E-state index is 0.118. The molecule has 6 heteroatoms. The number of halogens is 1. The first-order chi connectivity index (χ1) is 8.95. The fourth-order valence-corrected chi connectivity index (χ4v) is 1.53. The summed E-state index contributed by atoms with van der Waals surface area (Å²) in [6.45, 7) is 4.74. The lowest BCUT2D eigenvalue weighted by Gasteiger charge is -2.19. The predicted octanol–water partition coefficient (Wildman–Crippen LogP) is 1.76. The van der Waals surface area contributed by atoms with E-state index in [2.05, 4.69) is 10.3 Å². The molecule has 0 bridgehead atoms. The van der Waals surface area contributed by atoms with Gasteiger partial charge in [-0.25, -0.2) is 9.37 Å². The van der Waals surface area contributed by atoms with Crippen molar-refractivity contribution >= 4 is 11.7 Å². The lowest BCUT2D eigenvalue weighted by molar-refractivity contribution is 0.0532. The van der Waals surface area contributed by atoms with Crippen molar-refractivity contribution in [3.05, 3.63) is 23.6 Å². The van der Waals surface area contributed by atoms with Gasteiger partial charge in [-0.1, -0.05) is 0 Å². The van der Waals surface area contributed by atoms with E-state index >= 15 is 0 Å². The van der Waals surface area contributed by atoms with Gasteiger partial charge in [0.05, 0.1) is 24.5 Å². The van der Waals surface area contributed by atoms with Crippen molar-refractivity contribution in [3.8, 4) is 0 Å². The van der Waals surface area contributed by atoms with Crippen LogP contribution in [0.2, 0.25) is 0 Å². The summed E-state index contributed by atoms with van der Waals surface area (Å²) >= 11 is 0. The van der Waals surface area contributed by atoms with E-state index in [1.807, 2.05) is 13.8 Å². The van der Waals surface area contributed by atoms with Crippen molar-refractivity contribution in [1.82, 2.24) is 9.88 Å². The van der Waals surface area contributed by atoms with Gasteiger partial charge >= 0.3 is 0 Å². The van der Waals surface area contributed by atoms with Gasteiger partial charge in [0, 0.05) is 20.6 Å². The van der Waals surface area contributed by atoms with Crippen LogP contribution in [0.5, 0.6) is 0 Å². The molecular formula is C13H20FN3O2. The van der Waals surface area contributed by atoms with Gasteiger partial charge < -0.3 is 15.0 Å². The molecule has 1 N–H and O–H groups in total. The summed E-state index contributed by atoms with van der Waals surface area (Å²) in [6.07, 6.45) is 1.19. The van der Waals surface area contributed by atoms with E-state index in [-0.39, 0.29) is 17.6 Å². The zero-order chi connectivity index (χ0) is 14.4. The number of ether oxygens (including phenoxy) is 1. The molecule has 1 rings (SSSR count). The topological polar surface area (TPSA) is 54.5 Å². The Morgan fingerprint density at radius 1 is 1.58 bits per heavy atom. The van der Waals surface area contributed by atoms with Crippen LogP contribution in [0.1, 0.15) is 24.2 Å². The zero-order valence-electron chi connectivity index (χ0n) is 11.7. The van der Waals surface area contributed by atoms with Gasteiger partial charge in [0.1, 0.15) is 11.6 Å². The summed E-state index contributed by atoms with van der Waals surface area (Å²) in [4.78, 5) is 17.5. The van der Waals surface area contributed by atoms with Crippen molar-refractivity contribution in [2.45, 2.75) is 20.0 Å². The van der Waals surface area contributed by atoms with Crippen LogP contribution in [0, 0.1) is 5.82 Å². The number of pyridine rings is 1. The van der Waals surface area contributed by atoms with Crippen LogP contribution in [0.3, 0.4) is 0 Å². The molecule has 5 nitrogen and oxygen atoms in total. The second kappa shape index (κ2) is 7.04. The van der Waals surface area contributed by atoms with Crippen molar-refractivity contribution in [2.75, 3.05) is 32.6 Å². The number of hydrogen-bond acceptors (Lipinski definition) is 4. The van der Waals surface area contributed by atoms with Crippen molar-refractivity contribution in [2.24, 2.45) is 0 Å². The van der Waals surface area contributed by atoms with E-state index < -0.39 is 5.82 Å². The second-order valence-corrected chi connectivity index (χ2v) is 4.45. The van der Waals surface area contributed by atoms with Crippen LogP contribution in [0.25, 0.3) is 0 Å². The van der Waals surface area contributed by atoms with E-state index in [9.17, 15) is 9.18 Å². The normalized spacial score (nSPS) is 10.6. The van der Waals surface area contributed by atoms with Gasteiger partial charge in [0.15, 0.2) is 0 Å². The number of anilines is 1. The largest absolute Gasteiger partial charge is 0.377 e. The number of carbonyl (C=O) groups excluding carboxylic acids is 1. The average Bonchev–Trinajstić information content (AvgIpc) is 2.37. The Morgan fingerprint density at radius 3 is 2.84 bits per heavy atom. The van der Waals surface area contributed by atoms with E-state index in [1.165, 1.54) is 11.0 Å². The van der Waals surface area contributed by atoms with Gasteiger partial charge in [-0.15, -0.1) is 0 Å². The summed E-state index contributed by atoms with van der Waals surface area (Å²) in [7, 11) is 3.29. The molecule has 0 radical (unpaired) electrons. The van der Waals surface area contributed by atoms with Crippen LogP contribution in [0.15, 0.2) is 12.3 Å². The first-order valence-corrected chi connectivity index (χ1v) is 6.16. The maximum Gasteiger partial charge on any atom is 0.257 e. The molecule has 1 aromatic heterocycles. The van der Waals surface area contributed by atoms with Crippen LogP contribution in [0.4, 0.5) is 10.2 Å². The molecule has 0 atom stereocenters. The Bertz CT molecular complexity index is 438. The standard InChI is InChI=1S/C13H20FN3O2/c1-9(2)19-6-5-17(4)13(18)11-7-10(14)8-16-12(11)15-3/h7-9H,5-6H2,1-4H3,(H,15,16). The van der Waals surface area contributed by atoms with Gasteiger partial charge in [0.2, 0.25) is 0 Å². The molecule has 0 saturated carbocycles. The fourth-order valence-electron chi connectivity index (χ4n) is 1.53. The van der Waals surface area contributed by atoms with E-state index in [1.54, 1.807) is 14.1 Å². The molecule has 19 heavy (non-hydrogen) atoms. The fraction of sp³-hybridized carbons (Fsp3) is 0.538. The van der Waals surface area contributed by atoms with Crippen molar-refractivity contribution in [1.29, 1.82) is 0 Å². The minimum Gasteiger partial charge on any atom is -0.377 e. The summed E-state index contributed by atoms with van der Waals surface area (Å²) in [5.74, 6) is -0.457. The van der Waals surface area contributed by atoms with E-state index in [4.69, 9.17) is 4.74 Å². The number of nitrogens with one attached hydrogen (secondary N) is 1. The van der Waals surface area contributed by atoms with Gasteiger partial charge in [-0.05, 0) is 19.9 Å². The van der Waals surface area contributed by atoms with Crippen LogP contribution < -0.4 is 5.32 Å². The third kappa shape index (κ3) is 4.48. The van der Waals surface area contributed by atoms with Gasteiger partial charge in [-0.3, -0.25) is 4.79 Å². The molecule has 0 fully saturated rings. The molecule has 1 aromatic rings. The van der Waals surface area contributed by atoms with Crippen molar-refractivity contribution < 1.29 is 13.9 Å². The highest BCUT2D eigenvalue weighted by molar-refractivity contribution is 5.98. The number of likely N-dealkylation sites (N-methyl/N-ethyl adjacent to an activating group) is 1. The molecule has 0 unspecified atom stereocenters. The summed E-state index contributed by atoms with van der Waals surface area (Å²) < 4.78 is 18.6. The number of carbonyl (C=O) groups is 1. The Kier molecular flexibility index (Phi) is 5.69. The quantitative estimate of drug-likeness (QED) is 0.855. The number of hydrogen-bond donors (Lipinski definition) is 1. The number of amides is 1. The minimum atomic E-state index is -0.533. The highest BCUT2D eigenvalue weighted by atomic mass is 19.1. The first-order valence-electron chi connectivity index (χ1n) is 6.16. The van der Waals surface area contributed by atoms with Crippen LogP contribution in [-0.4, -0.2) is 49.1 Å². The van der Waals surface area contributed by atoms with Crippen molar-refractivity contribution in [3.63, 3.8) is 0 Å². The lowest BCUT2D eigenvalue weighted by Crippen LogP contribution is -2.31. The lowest BCUT2D eigenvalue weighted by atomic mass is 10.2. The Balaban J connectivity index is 2.73. The highest BCUT2D eigenvalue weighted by Crippen LogP contribution is 2.15. The third-order valence-corrected chi connectivity index (χ3v) is 2.55. The first kappa shape index (κ1) is 15.4. The molecule has 0 aromatic carbocycles. The van der Waals surface area contributed by atoms with Crippen LogP contribution >= 0.6 is 0 Å². The molecule has 0 saturated heterocycles. The van der Waals surface area contributed by atoms with Gasteiger partial charge in [0.25, 0.3) is 5.91 Å². The molecule has 0 aliphatic heterocycles. The summed E-state index contributed by atoms with van der Waals surface area (Å²) in [6, 6.07) is 1.18. The Labute approximate surface area is 112 Å². The number of nitrogens with zero attached hydrogens (tertiary/aromatic N) is 2. The van der Waals surface area contributed by atoms with Crippen LogP contribution in [-0.2, 0) is 4.74 Å². The average molecular weight is 269 g/mol. The summed E-state index contributed by atoms with van der Waals surface area (Å²) in [5, 5.41) is 2.78. The molecular weight excluding hydrogens is 249 g/mol. The SMILES string of the molecule is CNc1ncc(F)cc1C(=O)N(C)CCOC(C)C. The highest BCUT2D eigenvalue weighted by Gasteiger charge is 2.17. The third-order valence-electron chi connectivity index (χ3n) is 2.55. The van der Waals surface area contributed by atoms with E-state index in [0.717, 1.165) is 6.20 Å². The maximum atomic E-state index is 13.2. The molecule has 0 aliphatic carbocycles. The monoisotopic (exact) mass is 269 g/mol. The molecule has 0 aliphatic rings. The maximum absolute atomic E-state index is 13.2. The molecule has 0 spiro atoms. The Hall–Kier alpha value is -1.69. The number of aromatic nitrogens is 1. The smallest absolute Gasteiger partial charge is 0.257 e. The van der Waals surface area contributed by atoms with E-state index in [0.29, 0.717) is 19.0 Å². The summed E-state index contributed by atoms with van der Waals surface area (Å²) in [5.41, 5.74) is 0.217. The van der Waals surface area contributed by atoms with Gasteiger partial charge in [-0.2, -0.15) is 0 Å². The molecule has 1 heterocycles. The second-order valence-electron chi connectivity index (χ2n) is 4.45. The molecule has 106 valence electrons. The number of rotatable bonds is 6. The Morgan fingerprint density at radius 2 is 2.26 bits per heavy atom. The molecule has 1 amide bonds. The predicted molar refractivity (Wildman–Crippen MR) is 71.8 cm³/mol.